The molecule has 3 aromatic rings. The average Bonchev–Trinajstić information content (AvgIpc) is 2.73. The normalized spacial score (nSPS) is 10.6. The Morgan fingerprint density at radius 3 is 2.64 bits per heavy atom. The van der Waals surface area contributed by atoms with Crippen LogP contribution in [0.1, 0.15) is 27.0 Å². The molecule has 0 heterocycles. The number of methoxy groups -OCH3 is 1. The Hall–Kier alpha value is -3.60. The van der Waals surface area contributed by atoms with Gasteiger partial charge in [0.1, 0.15) is 18.1 Å². The van der Waals surface area contributed by atoms with Gasteiger partial charge in [-0.05, 0) is 47.9 Å². The molecule has 0 fully saturated rings. The van der Waals surface area contributed by atoms with Crippen LogP contribution in [0.5, 0.6) is 11.5 Å². The van der Waals surface area contributed by atoms with Crippen LogP contribution in [0.2, 0.25) is 0 Å². The van der Waals surface area contributed by atoms with Crippen LogP contribution < -0.4 is 14.9 Å². The maximum atomic E-state index is 12.3. The molecular formula is C23H22N2O3. The molecule has 3 rings (SSSR count). The monoisotopic (exact) mass is 374 g/mol. The topological polar surface area (TPSA) is 59.9 Å². The highest BCUT2D eigenvalue weighted by Gasteiger charge is 2.11. The molecule has 1 N–H and O–H groups in total. The summed E-state index contributed by atoms with van der Waals surface area (Å²) in [5.41, 5.74) is 5.90. The van der Waals surface area contributed by atoms with E-state index in [0.717, 1.165) is 22.4 Å². The Bertz CT molecular complexity index is 969. The summed E-state index contributed by atoms with van der Waals surface area (Å²) < 4.78 is 11.1. The molecule has 0 bridgehead atoms. The van der Waals surface area contributed by atoms with E-state index in [2.05, 4.69) is 10.5 Å². The molecule has 5 nitrogen and oxygen atoms in total. The molecular weight excluding hydrogens is 352 g/mol. The first-order chi connectivity index (χ1) is 13.7. The van der Waals surface area contributed by atoms with E-state index in [4.69, 9.17) is 9.47 Å². The zero-order valence-electron chi connectivity index (χ0n) is 15.9. The van der Waals surface area contributed by atoms with Crippen LogP contribution in [0.4, 0.5) is 0 Å². The zero-order valence-corrected chi connectivity index (χ0v) is 15.9. The lowest BCUT2D eigenvalue weighted by Gasteiger charge is -2.08. The fourth-order valence-corrected chi connectivity index (χ4v) is 2.64. The van der Waals surface area contributed by atoms with Crippen LogP contribution >= 0.6 is 0 Å². The number of hydrazone groups is 1. The molecule has 1 amide bonds. The van der Waals surface area contributed by atoms with Crippen molar-refractivity contribution in [2.75, 3.05) is 7.11 Å². The number of carbonyl (C=O) groups excluding carboxylic acids is 1. The van der Waals surface area contributed by atoms with Gasteiger partial charge in [-0.25, -0.2) is 5.43 Å². The molecule has 0 aromatic heterocycles. The lowest BCUT2D eigenvalue weighted by Crippen LogP contribution is -2.18. The number of hydrogen-bond acceptors (Lipinski definition) is 4. The third-order valence-corrected chi connectivity index (χ3v) is 4.09. The predicted molar refractivity (Wildman–Crippen MR) is 110 cm³/mol. The minimum absolute atomic E-state index is 0.329. The van der Waals surface area contributed by atoms with Crippen molar-refractivity contribution in [1.82, 2.24) is 5.43 Å². The first-order valence-electron chi connectivity index (χ1n) is 8.90. The fraction of sp³-hybridized carbons (Fsp3) is 0.130. The SMILES string of the molecule is COc1cc(C)ccc1C(=O)N/N=C\c1cccc(OCc2ccccc2)c1. The predicted octanol–water partition coefficient (Wildman–Crippen LogP) is 4.35. The van der Waals surface area contributed by atoms with Gasteiger partial charge in [-0.2, -0.15) is 5.10 Å². The van der Waals surface area contributed by atoms with Crippen LogP contribution in [0.3, 0.4) is 0 Å². The van der Waals surface area contributed by atoms with Crippen LogP contribution in [0.15, 0.2) is 77.9 Å². The van der Waals surface area contributed by atoms with Crippen molar-refractivity contribution in [3.63, 3.8) is 0 Å². The Morgan fingerprint density at radius 1 is 1.04 bits per heavy atom. The smallest absolute Gasteiger partial charge is 0.275 e. The molecule has 142 valence electrons. The van der Waals surface area contributed by atoms with Crippen molar-refractivity contribution < 1.29 is 14.3 Å². The standard InChI is InChI=1S/C23H22N2O3/c1-17-11-12-21(22(13-17)27-2)23(26)25-24-15-19-9-6-10-20(14-19)28-16-18-7-4-3-5-8-18/h3-15H,16H2,1-2H3,(H,25,26)/b24-15-. The van der Waals surface area contributed by atoms with Crippen LogP contribution in [-0.2, 0) is 6.61 Å². The molecule has 0 aliphatic carbocycles. The Balaban J connectivity index is 1.60. The van der Waals surface area contributed by atoms with Crippen molar-refractivity contribution in [2.45, 2.75) is 13.5 Å². The lowest BCUT2D eigenvalue weighted by molar-refractivity contribution is 0.0952. The van der Waals surface area contributed by atoms with Gasteiger partial charge < -0.3 is 9.47 Å². The van der Waals surface area contributed by atoms with Crippen LogP contribution in [0, 0.1) is 6.92 Å². The van der Waals surface area contributed by atoms with E-state index in [1.165, 1.54) is 7.11 Å². The number of ether oxygens (including phenoxy) is 2. The lowest BCUT2D eigenvalue weighted by atomic mass is 10.1. The Kier molecular flexibility index (Phi) is 6.41. The van der Waals surface area contributed by atoms with Gasteiger partial charge in [0.05, 0.1) is 18.9 Å². The summed E-state index contributed by atoms with van der Waals surface area (Å²) in [6, 6.07) is 22.9. The minimum atomic E-state index is -0.329. The maximum absolute atomic E-state index is 12.3. The van der Waals surface area contributed by atoms with Gasteiger partial charge in [-0.3, -0.25) is 4.79 Å². The van der Waals surface area contributed by atoms with E-state index in [1.54, 1.807) is 12.3 Å². The highest BCUT2D eigenvalue weighted by molar-refractivity contribution is 5.97. The van der Waals surface area contributed by atoms with Gasteiger partial charge in [0, 0.05) is 0 Å². The summed E-state index contributed by atoms with van der Waals surface area (Å²) in [7, 11) is 1.54. The molecule has 0 radical (unpaired) electrons. The van der Waals surface area contributed by atoms with Gasteiger partial charge in [0.15, 0.2) is 0 Å². The van der Waals surface area contributed by atoms with Crippen molar-refractivity contribution in [3.8, 4) is 11.5 Å². The van der Waals surface area contributed by atoms with E-state index in [-0.39, 0.29) is 5.91 Å². The zero-order chi connectivity index (χ0) is 19.8. The summed E-state index contributed by atoms with van der Waals surface area (Å²) >= 11 is 0. The molecule has 0 aliphatic rings. The van der Waals surface area contributed by atoms with Gasteiger partial charge >= 0.3 is 0 Å². The second-order valence-corrected chi connectivity index (χ2v) is 6.25. The number of nitrogens with one attached hydrogen (secondary N) is 1. The molecule has 0 saturated heterocycles. The van der Waals surface area contributed by atoms with Gasteiger partial charge in [0.2, 0.25) is 0 Å². The third-order valence-electron chi connectivity index (χ3n) is 4.09. The maximum Gasteiger partial charge on any atom is 0.275 e. The number of hydrogen-bond donors (Lipinski definition) is 1. The summed E-state index contributed by atoms with van der Waals surface area (Å²) in [6.45, 7) is 2.43. The van der Waals surface area contributed by atoms with E-state index >= 15 is 0 Å². The molecule has 0 unspecified atom stereocenters. The first kappa shape index (κ1) is 19.2. The average molecular weight is 374 g/mol. The van der Waals surface area contributed by atoms with Crippen molar-refractivity contribution >= 4 is 12.1 Å². The minimum Gasteiger partial charge on any atom is -0.496 e. The molecule has 5 heteroatoms. The van der Waals surface area contributed by atoms with E-state index in [0.29, 0.717) is 17.9 Å². The third kappa shape index (κ3) is 5.20. The van der Waals surface area contributed by atoms with Crippen molar-refractivity contribution in [1.29, 1.82) is 0 Å². The fourth-order valence-electron chi connectivity index (χ4n) is 2.64. The second-order valence-electron chi connectivity index (χ2n) is 6.25. The highest BCUT2D eigenvalue weighted by atomic mass is 16.5. The van der Waals surface area contributed by atoms with E-state index in [1.807, 2.05) is 73.7 Å². The quantitative estimate of drug-likeness (QED) is 0.494. The number of amides is 1. The number of carbonyl (C=O) groups is 1. The van der Waals surface area contributed by atoms with Crippen molar-refractivity contribution in [2.24, 2.45) is 5.10 Å². The Morgan fingerprint density at radius 2 is 1.86 bits per heavy atom. The largest absolute Gasteiger partial charge is 0.496 e. The van der Waals surface area contributed by atoms with Crippen LogP contribution in [-0.4, -0.2) is 19.2 Å². The summed E-state index contributed by atoms with van der Waals surface area (Å²) in [5.74, 6) is 0.924. The summed E-state index contributed by atoms with van der Waals surface area (Å²) in [5, 5.41) is 4.04. The first-order valence-corrected chi connectivity index (χ1v) is 8.90. The highest BCUT2D eigenvalue weighted by Crippen LogP contribution is 2.19. The molecule has 28 heavy (non-hydrogen) atoms. The molecule has 3 aromatic carbocycles. The van der Waals surface area contributed by atoms with Crippen LogP contribution in [0.25, 0.3) is 0 Å². The van der Waals surface area contributed by atoms with Gasteiger partial charge in [-0.15, -0.1) is 0 Å². The van der Waals surface area contributed by atoms with E-state index < -0.39 is 0 Å². The van der Waals surface area contributed by atoms with E-state index in [9.17, 15) is 4.79 Å². The second kappa shape index (κ2) is 9.37. The van der Waals surface area contributed by atoms with Gasteiger partial charge in [-0.1, -0.05) is 48.5 Å². The molecule has 0 atom stereocenters. The molecule has 0 aliphatic heterocycles. The number of nitrogens with zero attached hydrogens (tertiary/aromatic N) is 1. The van der Waals surface area contributed by atoms with Gasteiger partial charge in [0.25, 0.3) is 5.91 Å². The Labute approximate surface area is 164 Å². The molecule has 0 saturated carbocycles. The number of aryl methyl sites for hydroxylation is 1. The summed E-state index contributed by atoms with van der Waals surface area (Å²) in [6.07, 6.45) is 1.58. The summed E-state index contributed by atoms with van der Waals surface area (Å²) in [4.78, 5) is 12.3. The number of benzene rings is 3. The van der Waals surface area contributed by atoms with Crippen molar-refractivity contribution in [3.05, 3.63) is 95.1 Å². The molecule has 0 spiro atoms. The number of rotatable bonds is 7.